The number of hydrogen-bond acceptors (Lipinski definition) is 5. The molecule has 3 aliphatic rings. The first-order valence-corrected chi connectivity index (χ1v) is 7.90. The third-order valence-corrected chi connectivity index (χ3v) is 4.86. The highest BCUT2D eigenvalue weighted by Crippen LogP contribution is 2.33. The smallest absolute Gasteiger partial charge is 0.221 e. The van der Waals surface area contributed by atoms with Crippen molar-refractivity contribution < 1.29 is 4.74 Å². The lowest BCUT2D eigenvalue weighted by Crippen LogP contribution is -2.38. The van der Waals surface area contributed by atoms with Crippen LogP contribution in [0, 0.1) is 5.92 Å². The van der Waals surface area contributed by atoms with Crippen LogP contribution in [-0.2, 0) is 4.74 Å². The fourth-order valence-corrected chi connectivity index (χ4v) is 3.70. The number of rotatable bonds is 2. The van der Waals surface area contributed by atoms with Crippen molar-refractivity contribution >= 4 is 5.95 Å². The van der Waals surface area contributed by atoms with Crippen LogP contribution in [0.3, 0.4) is 0 Å². The third kappa shape index (κ3) is 2.20. The molecule has 6 nitrogen and oxygen atoms in total. The molecule has 0 radical (unpaired) electrons. The van der Waals surface area contributed by atoms with Crippen LogP contribution < -0.4 is 10.6 Å². The maximum Gasteiger partial charge on any atom is 0.221 e. The van der Waals surface area contributed by atoms with Crippen molar-refractivity contribution in [2.24, 2.45) is 5.92 Å². The van der Waals surface area contributed by atoms with Gasteiger partial charge in [0.1, 0.15) is 0 Å². The summed E-state index contributed by atoms with van der Waals surface area (Å²) < 4.78 is 7.63. The molecule has 0 aliphatic carbocycles. The van der Waals surface area contributed by atoms with E-state index in [0.29, 0.717) is 17.9 Å². The Morgan fingerprint density at radius 1 is 1.20 bits per heavy atom. The Morgan fingerprint density at radius 2 is 2.20 bits per heavy atom. The van der Waals surface area contributed by atoms with Crippen molar-refractivity contribution in [3.8, 4) is 0 Å². The van der Waals surface area contributed by atoms with Gasteiger partial charge in [0.05, 0.1) is 12.6 Å². The van der Waals surface area contributed by atoms with E-state index in [0.717, 1.165) is 57.5 Å². The topological polar surface area (TPSA) is 64.0 Å². The first kappa shape index (κ1) is 12.6. The summed E-state index contributed by atoms with van der Waals surface area (Å²) >= 11 is 0. The van der Waals surface area contributed by atoms with E-state index in [9.17, 15) is 0 Å². The van der Waals surface area contributed by atoms with Crippen molar-refractivity contribution in [3.63, 3.8) is 0 Å². The largest absolute Gasteiger partial charge is 0.381 e. The molecule has 0 aromatic carbocycles. The van der Waals surface area contributed by atoms with Crippen LogP contribution in [0.25, 0.3) is 0 Å². The first-order valence-electron chi connectivity index (χ1n) is 7.90. The number of aromatic nitrogens is 3. The lowest BCUT2D eigenvalue weighted by Gasteiger charge is -2.34. The number of fused-ring (bicyclic) bond motifs is 1. The maximum absolute atomic E-state index is 5.47. The van der Waals surface area contributed by atoms with Crippen LogP contribution in [0.4, 0.5) is 5.95 Å². The number of nitrogens with zero attached hydrogens (tertiary/aromatic N) is 3. The van der Waals surface area contributed by atoms with Gasteiger partial charge in [-0.05, 0) is 44.7 Å². The molecule has 2 N–H and O–H groups in total. The monoisotopic (exact) mass is 277 g/mol. The van der Waals surface area contributed by atoms with Crippen molar-refractivity contribution in [1.82, 2.24) is 20.1 Å². The highest BCUT2D eigenvalue weighted by molar-refractivity contribution is 5.29. The number of ether oxygens (including phenoxy) is 1. The summed E-state index contributed by atoms with van der Waals surface area (Å²) in [5, 5.41) is 11.8. The van der Waals surface area contributed by atoms with E-state index in [-0.39, 0.29) is 0 Å². The van der Waals surface area contributed by atoms with E-state index in [1.54, 1.807) is 0 Å². The fourth-order valence-electron chi connectivity index (χ4n) is 3.70. The summed E-state index contributed by atoms with van der Waals surface area (Å²) in [5.41, 5.74) is 0. The molecule has 0 saturated carbocycles. The minimum Gasteiger partial charge on any atom is -0.381 e. The highest BCUT2D eigenvalue weighted by Gasteiger charge is 2.32. The average Bonchev–Trinajstić information content (AvgIpc) is 3.16. The van der Waals surface area contributed by atoms with Gasteiger partial charge >= 0.3 is 0 Å². The standard InChI is InChI=1S/C14H23N5O/c1-2-10(8-15-5-1)12-3-6-16-14-17-13(18-19(12)14)11-4-7-20-9-11/h10-12,15H,1-9H2,(H,16,17,18). The number of hydrogen-bond donors (Lipinski definition) is 2. The van der Waals surface area contributed by atoms with Gasteiger partial charge in [0.2, 0.25) is 5.95 Å². The molecular weight excluding hydrogens is 254 g/mol. The maximum atomic E-state index is 5.47. The van der Waals surface area contributed by atoms with Gasteiger partial charge < -0.3 is 15.4 Å². The van der Waals surface area contributed by atoms with Gasteiger partial charge in [-0.3, -0.25) is 0 Å². The zero-order valence-electron chi connectivity index (χ0n) is 11.8. The Labute approximate surface area is 119 Å². The van der Waals surface area contributed by atoms with Crippen LogP contribution in [-0.4, -0.2) is 47.6 Å². The van der Waals surface area contributed by atoms with Crippen molar-refractivity contribution in [2.45, 2.75) is 37.6 Å². The van der Waals surface area contributed by atoms with Crippen LogP contribution in [0.2, 0.25) is 0 Å². The number of piperidine rings is 1. The zero-order chi connectivity index (χ0) is 13.4. The van der Waals surface area contributed by atoms with Gasteiger partial charge in [-0.25, -0.2) is 4.68 Å². The molecule has 0 spiro atoms. The molecule has 2 saturated heterocycles. The number of nitrogens with one attached hydrogen (secondary N) is 2. The van der Waals surface area contributed by atoms with E-state index in [1.165, 1.54) is 12.8 Å². The van der Waals surface area contributed by atoms with Crippen LogP contribution in [0.1, 0.15) is 43.5 Å². The Balaban J connectivity index is 1.59. The molecule has 1 aromatic rings. The summed E-state index contributed by atoms with van der Waals surface area (Å²) in [4.78, 5) is 4.72. The summed E-state index contributed by atoms with van der Waals surface area (Å²) in [7, 11) is 0. The molecule has 0 amide bonds. The Bertz CT molecular complexity index is 462. The molecular formula is C14H23N5O. The molecule has 3 atom stereocenters. The molecule has 0 bridgehead atoms. The van der Waals surface area contributed by atoms with Gasteiger partial charge in [-0.1, -0.05) is 0 Å². The molecule has 20 heavy (non-hydrogen) atoms. The average molecular weight is 277 g/mol. The fraction of sp³-hybridized carbons (Fsp3) is 0.857. The second-order valence-corrected chi connectivity index (χ2v) is 6.19. The summed E-state index contributed by atoms with van der Waals surface area (Å²) in [6.07, 6.45) is 4.79. The van der Waals surface area contributed by atoms with Gasteiger partial charge in [0.25, 0.3) is 0 Å². The predicted molar refractivity (Wildman–Crippen MR) is 75.9 cm³/mol. The minimum atomic E-state index is 0.389. The zero-order valence-corrected chi connectivity index (χ0v) is 11.8. The Morgan fingerprint density at radius 3 is 3.00 bits per heavy atom. The highest BCUT2D eigenvalue weighted by atomic mass is 16.5. The number of anilines is 1. The Kier molecular flexibility index (Phi) is 3.36. The van der Waals surface area contributed by atoms with Crippen LogP contribution in [0.15, 0.2) is 0 Å². The van der Waals surface area contributed by atoms with E-state index in [2.05, 4.69) is 15.3 Å². The van der Waals surface area contributed by atoms with Gasteiger partial charge in [-0.15, -0.1) is 0 Å². The molecule has 6 heteroatoms. The van der Waals surface area contributed by atoms with Gasteiger partial charge in [-0.2, -0.15) is 10.1 Å². The SMILES string of the molecule is C1CNCC(C2CCNc3nc(C4CCOC4)nn32)C1. The molecule has 3 aliphatic heterocycles. The molecule has 110 valence electrons. The predicted octanol–water partition coefficient (Wildman–Crippen LogP) is 1.14. The normalized spacial score (nSPS) is 33.7. The first-order chi connectivity index (χ1) is 9.92. The van der Waals surface area contributed by atoms with E-state index < -0.39 is 0 Å². The van der Waals surface area contributed by atoms with E-state index >= 15 is 0 Å². The van der Waals surface area contributed by atoms with Crippen molar-refractivity contribution in [2.75, 3.05) is 38.2 Å². The van der Waals surface area contributed by atoms with Crippen LogP contribution >= 0.6 is 0 Å². The minimum absolute atomic E-state index is 0.389. The van der Waals surface area contributed by atoms with E-state index in [1.807, 2.05) is 0 Å². The third-order valence-electron chi connectivity index (χ3n) is 4.86. The van der Waals surface area contributed by atoms with E-state index in [4.69, 9.17) is 14.8 Å². The molecule has 4 heterocycles. The molecule has 4 rings (SSSR count). The lowest BCUT2D eigenvalue weighted by molar-refractivity contribution is 0.192. The molecule has 3 unspecified atom stereocenters. The molecule has 2 fully saturated rings. The quantitative estimate of drug-likeness (QED) is 0.848. The van der Waals surface area contributed by atoms with Crippen molar-refractivity contribution in [1.29, 1.82) is 0 Å². The summed E-state index contributed by atoms with van der Waals surface area (Å²) in [6, 6.07) is 0.502. The summed E-state index contributed by atoms with van der Waals surface area (Å²) in [6.45, 7) is 4.92. The van der Waals surface area contributed by atoms with Gasteiger partial charge in [0, 0.05) is 19.1 Å². The van der Waals surface area contributed by atoms with Crippen molar-refractivity contribution in [3.05, 3.63) is 5.82 Å². The van der Waals surface area contributed by atoms with Gasteiger partial charge in [0.15, 0.2) is 5.82 Å². The second-order valence-electron chi connectivity index (χ2n) is 6.19. The lowest BCUT2D eigenvalue weighted by atomic mass is 9.89. The molecule has 1 aromatic heterocycles. The Hall–Kier alpha value is -1.14. The van der Waals surface area contributed by atoms with Crippen LogP contribution in [0.5, 0.6) is 0 Å². The summed E-state index contributed by atoms with van der Waals surface area (Å²) in [5.74, 6) is 3.02. The second kappa shape index (κ2) is 5.33.